The van der Waals surface area contributed by atoms with Crippen LogP contribution in [0.25, 0.3) is 10.9 Å². The lowest BCUT2D eigenvalue weighted by molar-refractivity contribution is 0.0996. The third-order valence-electron chi connectivity index (χ3n) is 2.26. The molecule has 0 atom stereocenters. The first-order valence-corrected chi connectivity index (χ1v) is 5.10. The number of nitrogens with zero attached hydrogens (tertiary/aromatic N) is 1. The van der Waals surface area contributed by atoms with Crippen LogP contribution in [-0.2, 0) is 0 Å². The van der Waals surface area contributed by atoms with Gasteiger partial charge in [0.15, 0.2) is 0 Å². The molecule has 0 radical (unpaired) electrons. The first-order chi connectivity index (χ1) is 8.20. The number of hydrogen-bond acceptors (Lipinski definition) is 3. The number of hydrogen-bond donors (Lipinski definition) is 1. The summed E-state index contributed by atoms with van der Waals surface area (Å²) in [7, 11) is 0. The topological polar surface area (TPSA) is 65.2 Å². The van der Waals surface area contributed by atoms with Gasteiger partial charge in [0.2, 0.25) is 0 Å². The smallest absolute Gasteiger partial charge is 0.267 e. The molecule has 0 saturated heterocycles. The number of aromatic nitrogens is 1. The second-order valence-electron chi connectivity index (χ2n) is 3.45. The fraction of sp³-hybridized carbons (Fsp3) is 0.167. The molecule has 17 heavy (non-hydrogen) atoms. The minimum atomic E-state index is -0.565. The van der Waals surface area contributed by atoms with E-state index in [4.69, 9.17) is 10.5 Å². The van der Waals surface area contributed by atoms with Gasteiger partial charge in [0.1, 0.15) is 24.7 Å². The van der Waals surface area contributed by atoms with Crippen molar-refractivity contribution in [2.45, 2.75) is 0 Å². The molecule has 1 aromatic carbocycles. The van der Waals surface area contributed by atoms with Gasteiger partial charge in [-0.2, -0.15) is 0 Å². The number of rotatable bonds is 4. The van der Waals surface area contributed by atoms with E-state index >= 15 is 0 Å². The Kier molecular flexibility index (Phi) is 3.18. The zero-order chi connectivity index (χ0) is 12.3. The molecule has 0 aliphatic carbocycles. The number of primary amides is 1. The number of amides is 1. The SMILES string of the molecule is NC(=O)c1ccc2cc(OCCF)ccc2n1. The van der Waals surface area contributed by atoms with Crippen molar-refractivity contribution in [2.24, 2.45) is 5.73 Å². The second kappa shape index (κ2) is 4.78. The summed E-state index contributed by atoms with van der Waals surface area (Å²) in [5.74, 6) is 0.00781. The molecule has 0 spiro atoms. The number of carbonyl (C=O) groups is 1. The van der Waals surface area contributed by atoms with Gasteiger partial charge in [-0.25, -0.2) is 9.37 Å². The third-order valence-corrected chi connectivity index (χ3v) is 2.26. The number of ether oxygens (including phenoxy) is 1. The van der Waals surface area contributed by atoms with E-state index < -0.39 is 12.6 Å². The van der Waals surface area contributed by atoms with Crippen molar-refractivity contribution in [3.05, 3.63) is 36.0 Å². The quantitative estimate of drug-likeness (QED) is 0.875. The Balaban J connectivity index is 2.36. The van der Waals surface area contributed by atoms with Crippen LogP contribution in [0.15, 0.2) is 30.3 Å². The maximum absolute atomic E-state index is 11.9. The van der Waals surface area contributed by atoms with Gasteiger partial charge in [-0.3, -0.25) is 4.79 Å². The van der Waals surface area contributed by atoms with Gasteiger partial charge >= 0.3 is 0 Å². The molecule has 4 nitrogen and oxygen atoms in total. The van der Waals surface area contributed by atoms with Crippen molar-refractivity contribution in [3.8, 4) is 5.75 Å². The highest BCUT2D eigenvalue weighted by molar-refractivity contribution is 5.93. The van der Waals surface area contributed by atoms with Crippen molar-refractivity contribution in [3.63, 3.8) is 0 Å². The number of fused-ring (bicyclic) bond motifs is 1. The number of benzene rings is 1. The van der Waals surface area contributed by atoms with Crippen LogP contribution < -0.4 is 10.5 Å². The average molecular weight is 234 g/mol. The summed E-state index contributed by atoms with van der Waals surface area (Å²) in [5.41, 5.74) is 6.00. The molecule has 1 amide bonds. The Bertz CT molecular complexity index is 557. The van der Waals surface area contributed by atoms with E-state index in [2.05, 4.69) is 4.98 Å². The van der Waals surface area contributed by atoms with Crippen LogP contribution in [-0.4, -0.2) is 24.2 Å². The third kappa shape index (κ3) is 2.50. The summed E-state index contributed by atoms with van der Waals surface area (Å²) >= 11 is 0. The fourth-order valence-corrected chi connectivity index (χ4v) is 1.49. The maximum Gasteiger partial charge on any atom is 0.267 e. The molecule has 1 aromatic heterocycles. The minimum Gasteiger partial charge on any atom is -0.491 e. The van der Waals surface area contributed by atoms with Crippen LogP contribution in [0.3, 0.4) is 0 Å². The first-order valence-electron chi connectivity index (χ1n) is 5.10. The predicted molar refractivity (Wildman–Crippen MR) is 61.7 cm³/mol. The highest BCUT2D eigenvalue weighted by Crippen LogP contribution is 2.19. The van der Waals surface area contributed by atoms with Crippen molar-refractivity contribution in [2.75, 3.05) is 13.3 Å². The predicted octanol–water partition coefficient (Wildman–Crippen LogP) is 1.68. The van der Waals surface area contributed by atoms with E-state index in [0.29, 0.717) is 11.3 Å². The van der Waals surface area contributed by atoms with Gasteiger partial charge < -0.3 is 10.5 Å². The zero-order valence-electron chi connectivity index (χ0n) is 9.02. The first kappa shape index (κ1) is 11.3. The molecule has 5 heteroatoms. The zero-order valence-corrected chi connectivity index (χ0v) is 9.02. The van der Waals surface area contributed by atoms with Crippen LogP contribution >= 0.6 is 0 Å². The summed E-state index contributed by atoms with van der Waals surface area (Å²) < 4.78 is 17.1. The van der Waals surface area contributed by atoms with Crippen molar-refractivity contribution in [1.82, 2.24) is 4.98 Å². The van der Waals surface area contributed by atoms with Crippen LogP contribution in [0.2, 0.25) is 0 Å². The summed E-state index contributed by atoms with van der Waals surface area (Å²) in [6, 6.07) is 8.39. The molecular formula is C12H11FN2O2. The highest BCUT2D eigenvalue weighted by atomic mass is 19.1. The van der Waals surface area contributed by atoms with E-state index in [-0.39, 0.29) is 12.3 Å². The van der Waals surface area contributed by atoms with Crippen LogP contribution in [0, 0.1) is 0 Å². The highest BCUT2D eigenvalue weighted by Gasteiger charge is 2.04. The average Bonchev–Trinajstić information content (AvgIpc) is 2.35. The molecule has 0 saturated carbocycles. The molecule has 0 aliphatic rings. The molecular weight excluding hydrogens is 223 g/mol. The van der Waals surface area contributed by atoms with Crippen molar-refractivity contribution < 1.29 is 13.9 Å². The van der Waals surface area contributed by atoms with Gasteiger partial charge in [-0.1, -0.05) is 6.07 Å². The molecule has 88 valence electrons. The van der Waals surface area contributed by atoms with Gasteiger partial charge in [-0.05, 0) is 24.3 Å². The minimum absolute atomic E-state index is 0.0261. The molecule has 2 aromatic rings. The molecule has 1 heterocycles. The Hall–Kier alpha value is -2.17. The molecule has 2 rings (SSSR count). The summed E-state index contributed by atoms with van der Waals surface area (Å²) in [6.45, 7) is -0.505. The summed E-state index contributed by atoms with van der Waals surface area (Å²) in [5, 5.41) is 0.811. The molecule has 0 aliphatic heterocycles. The van der Waals surface area contributed by atoms with Gasteiger partial charge in [0.05, 0.1) is 5.52 Å². The summed E-state index contributed by atoms with van der Waals surface area (Å²) in [6.07, 6.45) is 0. The number of halogens is 1. The Morgan fingerprint density at radius 3 is 2.88 bits per heavy atom. The van der Waals surface area contributed by atoms with E-state index in [9.17, 15) is 9.18 Å². The number of carbonyl (C=O) groups excluding carboxylic acids is 1. The Morgan fingerprint density at radius 1 is 1.35 bits per heavy atom. The van der Waals surface area contributed by atoms with Crippen molar-refractivity contribution in [1.29, 1.82) is 0 Å². The molecule has 0 bridgehead atoms. The normalized spacial score (nSPS) is 10.4. The number of pyridine rings is 1. The van der Waals surface area contributed by atoms with E-state index in [1.165, 1.54) is 0 Å². The second-order valence-corrected chi connectivity index (χ2v) is 3.45. The number of nitrogens with two attached hydrogens (primary N) is 1. The standard InChI is InChI=1S/C12H11FN2O2/c13-5-6-17-9-2-4-10-8(7-9)1-3-11(15-10)12(14)16/h1-4,7H,5-6H2,(H2,14,16). The van der Waals surface area contributed by atoms with E-state index in [1.54, 1.807) is 30.3 Å². The molecule has 2 N–H and O–H groups in total. The fourth-order valence-electron chi connectivity index (χ4n) is 1.49. The van der Waals surface area contributed by atoms with Crippen LogP contribution in [0.4, 0.5) is 4.39 Å². The lowest BCUT2D eigenvalue weighted by Gasteiger charge is -2.05. The van der Waals surface area contributed by atoms with Crippen LogP contribution in [0.5, 0.6) is 5.75 Å². The lowest BCUT2D eigenvalue weighted by atomic mass is 10.2. The van der Waals surface area contributed by atoms with Gasteiger partial charge in [-0.15, -0.1) is 0 Å². The van der Waals surface area contributed by atoms with Crippen molar-refractivity contribution >= 4 is 16.8 Å². The Labute approximate surface area is 97.2 Å². The summed E-state index contributed by atoms with van der Waals surface area (Å²) in [4.78, 5) is 15.0. The monoisotopic (exact) mass is 234 g/mol. The molecule has 0 unspecified atom stereocenters. The van der Waals surface area contributed by atoms with E-state index in [0.717, 1.165) is 5.39 Å². The lowest BCUT2D eigenvalue weighted by Crippen LogP contribution is -2.12. The maximum atomic E-state index is 11.9. The largest absolute Gasteiger partial charge is 0.491 e. The van der Waals surface area contributed by atoms with Crippen LogP contribution in [0.1, 0.15) is 10.5 Å². The molecule has 0 fully saturated rings. The van der Waals surface area contributed by atoms with Gasteiger partial charge in [0, 0.05) is 5.39 Å². The van der Waals surface area contributed by atoms with E-state index in [1.807, 2.05) is 0 Å². The van der Waals surface area contributed by atoms with Gasteiger partial charge in [0.25, 0.3) is 5.91 Å². The number of alkyl halides is 1. The Morgan fingerprint density at radius 2 is 2.18 bits per heavy atom.